The van der Waals surface area contributed by atoms with E-state index in [2.05, 4.69) is 25.2 Å². The number of nitrogens with zero attached hydrogens (tertiary/aromatic N) is 1. The molecule has 0 radical (unpaired) electrons. The molecule has 2 rings (SSSR count). The number of hydrogen-bond donors (Lipinski definition) is 0. The van der Waals surface area contributed by atoms with Crippen molar-refractivity contribution in [1.29, 1.82) is 0 Å². The summed E-state index contributed by atoms with van der Waals surface area (Å²) in [5.74, 6) is 1.67. The molecule has 1 unspecified atom stereocenters. The van der Waals surface area contributed by atoms with E-state index >= 15 is 0 Å². The highest BCUT2D eigenvalue weighted by molar-refractivity contribution is 5.68. The van der Waals surface area contributed by atoms with E-state index in [1.165, 1.54) is 0 Å². The topological polar surface area (TPSA) is 38.8 Å². The molecule has 1 aliphatic carbocycles. The second kappa shape index (κ2) is 7.21. The number of likely N-dealkylation sites (tertiary alicyclic amines) is 1. The summed E-state index contributed by atoms with van der Waals surface area (Å²) in [6.45, 7) is 9.32. The Kier molecular flexibility index (Phi) is 5.54. The first-order valence-corrected chi connectivity index (χ1v) is 8.34. The van der Waals surface area contributed by atoms with Gasteiger partial charge in [0.05, 0.1) is 5.76 Å². The fourth-order valence-electron chi connectivity index (χ4n) is 2.69. The highest BCUT2D eigenvalue weighted by atomic mass is 16.6. The van der Waals surface area contributed by atoms with Crippen molar-refractivity contribution in [2.75, 3.05) is 13.1 Å². The van der Waals surface area contributed by atoms with Crippen molar-refractivity contribution < 1.29 is 14.3 Å². The van der Waals surface area contributed by atoms with Crippen LogP contribution in [-0.4, -0.2) is 35.8 Å². The van der Waals surface area contributed by atoms with E-state index in [0.717, 1.165) is 31.4 Å². The summed E-state index contributed by atoms with van der Waals surface area (Å²) in [4.78, 5) is 13.8. The minimum Gasteiger partial charge on any atom is -0.495 e. The van der Waals surface area contributed by atoms with Gasteiger partial charge in [-0.2, -0.15) is 0 Å². The molecule has 4 nitrogen and oxygen atoms in total. The minimum atomic E-state index is -0.432. The zero-order valence-corrected chi connectivity index (χ0v) is 14.3. The lowest BCUT2D eigenvalue weighted by Crippen LogP contribution is -2.43. The summed E-state index contributed by atoms with van der Waals surface area (Å²) in [5.41, 5.74) is -0.432. The standard InChI is InChI=1S/C18H29NO3/c1-14-6-5-7-15(9-8-14)21-16-10-12-19(13-11-16)17(20)22-18(2,3)4/h5-6,9,14,16H,7-8,10-13H2,1-4H3. The van der Waals surface area contributed by atoms with Crippen LogP contribution in [0.2, 0.25) is 0 Å². The molecule has 1 amide bonds. The van der Waals surface area contributed by atoms with Crippen LogP contribution in [0.4, 0.5) is 4.79 Å². The Balaban J connectivity index is 1.78. The number of allylic oxidation sites excluding steroid dienone is 3. The van der Waals surface area contributed by atoms with Crippen LogP contribution < -0.4 is 0 Å². The summed E-state index contributed by atoms with van der Waals surface area (Å²) < 4.78 is 11.5. The monoisotopic (exact) mass is 307 g/mol. The molecule has 0 bridgehead atoms. The molecule has 1 atom stereocenters. The number of carbonyl (C=O) groups is 1. The van der Waals surface area contributed by atoms with Crippen molar-refractivity contribution in [3.63, 3.8) is 0 Å². The van der Waals surface area contributed by atoms with Crippen molar-refractivity contribution in [3.05, 3.63) is 24.0 Å². The Bertz CT molecular complexity index is 440. The van der Waals surface area contributed by atoms with Gasteiger partial charge in [-0.15, -0.1) is 0 Å². The normalized spacial score (nSPS) is 23.7. The Labute approximate surface area is 134 Å². The van der Waals surface area contributed by atoms with Gasteiger partial charge >= 0.3 is 6.09 Å². The van der Waals surface area contributed by atoms with Crippen LogP contribution in [0.15, 0.2) is 24.0 Å². The number of rotatable bonds is 2. The number of hydrogen-bond acceptors (Lipinski definition) is 3. The van der Waals surface area contributed by atoms with E-state index in [4.69, 9.17) is 9.47 Å². The van der Waals surface area contributed by atoms with Gasteiger partial charge in [-0.3, -0.25) is 0 Å². The number of piperidine rings is 1. The summed E-state index contributed by atoms with van der Waals surface area (Å²) in [5, 5.41) is 0. The van der Waals surface area contributed by atoms with Gasteiger partial charge in [0.15, 0.2) is 0 Å². The van der Waals surface area contributed by atoms with Crippen LogP contribution in [-0.2, 0) is 9.47 Å². The van der Waals surface area contributed by atoms with Crippen LogP contribution in [0.1, 0.15) is 53.4 Å². The molecular weight excluding hydrogens is 278 g/mol. The summed E-state index contributed by atoms with van der Waals surface area (Å²) >= 11 is 0. The van der Waals surface area contributed by atoms with E-state index in [0.29, 0.717) is 19.0 Å². The fraction of sp³-hybridized carbons (Fsp3) is 0.722. The molecule has 1 heterocycles. The fourth-order valence-corrected chi connectivity index (χ4v) is 2.69. The van der Waals surface area contributed by atoms with Crippen molar-refractivity contribution in [2.24, 2.45) is 5.92 Å². The zero-order chi connectivity index (χ0) is 16.2. The average Bonchev–Trinajstić information content (AvgIpc) is 2.63. The minimum absolute atomic E-state index is 0.212. The Hall–Kier alpha value is -1.45. The Morgan fingerprint density at radius 1 is 1.27 bits per heavy atom. The molecule has 0 aromatic heterocycles. The van der Waals surface area contributed by atoms with Gasteiger partial charge in [0.2, 0.25) is 0 Å². The summed E-state index contributed by atoms with van der Waals surface area (Å²) in [7, 11) is 0. The van der Waals surface area contributed by atoms with Crippen LogP contribution in [0.25, 0.3) is 0 Å². The largest absolute Gasteiger partial charge is 0.495 e. The summed E-state index contributed by atoms with van der Waals surface area (Å²) in [6.07, 6.45) is 10.3. The van der Waals surface area contributed by atoms with Crippen molar-refractivity contribution in [1.82, 2.24) is 4.90 Å². The van der Waals surface area contributed by atoms with E-state index in [1.807, 2.05) is 20.8 Å². The first kappa shape index (κ1) is 16.9. The molecule has 22 heavy (non-hydrogen) atoms. The van der Waals surface area contributed by atoms with Gasteiger partial charge in [0.25, 0.3) is 0 Å². The quantitative estimate of drug-likeness (QED) is 0.715. The molecule has 0 aromatic rings. The van der Waals surface area contributed by atoms with Crippen LogP contribution >= 0.6 is 0 Å². The molecule has 1 saturated heterocycles. The Morgan fingerprint density at radius 2 is 1.95 bits per heavy atom. The molecule has 4 heteroatoms. The van der Waals surface area contributed by atoms with E-state index < -0.39 is 5.60 Å². The molecule has 0 aromatic carbocycles. The SMILES string of the molecule is CC1C=CCC(OC2CCN(C(=O)OC(C)(C)C)CC2)=CC1. The first-order valence-electron chi connectivity index (χ1n) is 8.34. The molecule has 2 aliphatic rings. The third-order valence-corrected chi connectivity index (χ3v) is 3.91. The van der Waals surface area contributed by atoms with Gasteiger partial charge in [0, 0.05) is 32.4 Å². The van der Waals surface area contributed by atoms with Crippen molar-refractivity contribution in [2.45, 2.75) is 65.1 Å². The number of carbonyl (C=O) groups excluding carboxylic acids is 1. The maximum absolute atomic E-state index is 12.0. The van der Waals surface area contributed by atoms with Gasteiger partial charge in [-0.25, -0.2) is 4.79 Å². The number of amides is 1. The molecule has 0 saturated carbocycles. The molecule has 1 aliphatic heterocycles. The van der Waals surface area contributed by atoms with Crippen LogP contribution in [0.5, 0.6) is 0 Å². The van der Waals surface area contributed by atoms with Crippen LogP contribution in [0, 0.1) is 5.92 Å². The lowest BCUT2D eigenvalue weighted by atomic mass is 10.1. The summed E-state index contributed by atoms with van der Waals surface area (Å²) in [6, 6.07) is 0. The predicted octanol–water partition coefficient (Wildman–Crippen LogP) is 4.27. The zero-order valence-electron chi connectivity index (χ0n) is 14.3. The third-order valence-electron chi connectivity index (χ3n) is 3.91. The van der Waals surface area contributed by atoms with Gasteiger partial charge in [0.1, 0.15) is 11.7 Å². The maximum atomic E-state index is 12.0. The van der Waals surface area contributed by atoms with Gasteiger partial charge < -0.3 is 14.4 Å². The van der Waals surface area contributed by atoms with Crippen molar-refractivity contribution in [3.8, 4) is 0 Å². The third kappa shape index (κ3) is 5.39. The molecule has 1 fully saturated rings. The molecule has 0 spiro atoms. The lowest BCUT2D eigenvalue weighted by molar-refractivity contribution is 0.00385. The van der Waals surface area contributed by atoms with Gasteiger partial charge in [-0.1, -0.05) is 19.1 Å². The highest BCUT2D eigenvalue weighted by Crippen LogP contribution is 2.23. The molecular formula is C18H29NO3. The average molecular weight is 307 g/mol. The lowest BCUT2D eigenvalue weighted by Gasteiger charge is -2.33. The second-order valence-electron chi connectivity index (χ2n) is 7.30. The van der Waals surface area contributed by atoms with Crippen LogP contribution in [0.3, 0.4) is 0 Å². The van der Waals surface area contributed by atoms with Crippen molar-refractivity contribution >= 4 is 6.09 Å². The Morgan fingerprint density at radius 3 is 2.59 bits per heavy atom. The predicted molar refractivity (Wildman–Crippen MR) is 87.5 cm³/mol. The number of ether oxygens (including phenoxy) is 2. The van der Waals surface area contributed by atoms with Gasteiger partial charge in [-0.05, 0) is 39.2 Å². The maximum Gasteiger partial charge on any atom is 0.410 e. The second-order valence-corrected chi connectivity index (χ2v) is 7.30. The molecule has 124 valence electrons. The first-order chi connectivity index (χ1) is 10.3. The van der Waals surface area contributed by atoms with E-state index in [1.54, 1.807) is 4.90 Å². The van der Waals surface area contributed by atoms with E-state index in [-0.39, 0.29) is 12.2 Å². The molecule has 0 N–H and O–H groups in total. The smallest absolute Gasteiger partial charge is 0.410 e. The van der Waals surface area contributed by atoms with E-state index in [9.17, 15) is 4.79 Å². The highest BCUT2D eigenvalue weighted by Gasteiger charge is 2.27.